The standard InChI is InChI=1S/C11H16FNO4S2/c1-4-7-13(2)19(16,17)11-8-9(18(3,14)15)5-6-10(11)12/h5-6,8H,4,7H2,1-3H3. The molecule has 0 aliphatic rings. The lowest BCUT2D eigenvalue weighted by atomic mass is 10.3. The minimum atomic E-state index is -4.02. The second kappa shape index (κ2) is 5.56. The fourth-order valence-corrected chi connectivity index (χ4v) is 3.59. The molecule has 5 nitrogen and oxygen atoms in total. The Hall–Kier alpha value is -0.990. The summed E-state index contributed by atoms with van der Waals surface area (Å²) < 4.78 is 61.7. The first-order valence-corrected chi connectivity index (χ1v) is 8.89. The van der Waals surface area contributed by atoms with Crippen LogP contribution in [0.3, 0.4) is 0 Å². The van der Waals surface area contributed by atoms with E-state index in [1.54, 1.807) is 6.92 Å². The number of sulfone groups is 1. The molecule has 0 spiro atoms. The van der Waals surface area contributed by atoms with Gasteiger partial charge in [0, 0.05) is 19.8 Å². The monoisotopic (exact) mass is 309 g/mol. The molecule has 0 N–H and O–H groups in total. The first-order chi connectivity index (χ1) is 8.60. The number of hydrogen-bond acceptors (Lipinski definition) is 4. The van der Waals surface area contributed by atoms with Crippen LogP contribution in [0.5, 0.6) is 0 Å². The maximum atomic E-state index is 13.7. The van der Waals surface area contributed by atoms with Crippen LogP contribution in [0.2, 0.25) is 0 Å². The number of nitrogens with zero attached hydrogens (tertiary/aromatic N) is 1. The Morgan fingerprint density at radius 3 is 2.26 bits per heavy atom. The van der Waals surface area contributed by atoms with Crippen LogP contribution in [0, 0.1) is 5.82 Å². The summed E-state index contributed by atoms with van der Waals surface area (Å²) in [6.07, 6.45) is 1.51. The van der Waals surface area contributed by atoms with E-state index >= 15 is 0 Å². The van der Waals surface area contributed by atoms with Gasteiger partial charge in [-0.05, 0) is 24.6 Å². The van der Waals surface area contributed by atoms with E-state index in [-0.39, 0.29) is 11.4 Å². The second-order valence-electron chi connectivity index (χ2n) is 4.19. The predicted molar refractivity (Wildman–Crippen MR) is 69.6 cm³/mol. The molecule has 1 aromatic rings. The van der Waals surface area contributed by atoms with Crippen molar-refractivity contribution in [3.8, 4) is 0 Å². The van der Waals surface area contributed by atoms with Crippen LogP contribution in [0.15, 0.2) is 28.0 Å². The lowest BCUT2D eigenvalue weighted by Crippen LogP contribution is -2.28. The van der Waals surface area contributed by atoms with Crippen molar-refractivity contribution in [2.24, 2.45) is 0 Å². The molecule has 8 heteroatoms. The molecule has 0 bridgehead atoms. The van der Waals surface area contributed by atoms with Crippen molar-refractivity contribution in [2.45, 2.75) is 23.1 Å². The van der Waals surface area contributed by atoms with Crippen LogP contribution in [-0.2, 0) is 19.9 Å². The van der Waals surface area contributed by atoms with E-state index in [4.69, 9.17) is 0 Å². The van der Waals surface area contributed by atoms with Crippen LogP contribution >= 0.6 is 0 Å². The van der Waals surface area contributed by atoms with Crippen molar-refractivity contribution < 1.29 is 21.2 Å². The largest absolute Gasteiger partial charge is 0.245 e. The molecule has 0 aliphatic carbocycles. The minimum absolute atomic E-state index is 0.225. The Kier molecular flexibility index (Phi) is 4.70. The Balaban J connectivity index is 3.43. The van der Waals surface area contributed by atoms with Crippen LogP contribution in [0.25, 0.3) is 0 Å². The fraction of sp³-hybridized carbons (Fsp3) is 0.455. The van der Waals surface area contributed by atoms with Gasteiger partial charge in [0.05, 0.1) is 4.90 Å². The summed E-state index contributed by atoms with van der Waals surface area (Å²) in [6, 6.07) is 2.75. The van der Waals surface area contributed by atoms with Gasteiger partial charge in [-0.25, -0.2) is 25.5 Å². The van der Waals surface area contributed by atoms with Crippen molar-refractivity contribution in [1.82, 2.24) is 4.31 Å². The Bertz CT molecular complexity index is 668. The van der Waals surface area contributed by atoms with Crippen molar-refractivity contribution in [2.75, 3.05) is 19.8 Å². The summed E-state index contributed by atoms with van der Waals surface area (Å²) in [5.41, 5.74) is 0. The van der Waals surface area contributed by atoms with Crippen molar-refractivity contribution in [1.29, 1.82) is 0 Å². The summed E-state index contributed by atoms with van der Waals surface area (Å²) in [4.78, 5) is -0.844. The maximum absolute atomic E-state index is 13.7. The summed E-state index contributed by atoms with van der Waals surface area (Å²) >= 11 is 0. The SMILES string of the molecule is CCCN(C)S(=O)(=O)c1cc(S(C)(=O)=O)ccc1F. The summed E-state index contributed by atoms with van der Waals surface area (Å²) in [7, 11) is -6.29. The third-order valence-corrected chi connectivity index (χ3v) is 5.54. The van der Waals surface area contributed by atoms with Crippen molar-refractivity contribution in [3.63, 3.8) is 0 Å². The van der Waals surface area contributed by atoms with Gasteiger partial charge in [-0.2, -0.15) is 0 Å². The molecule has 0 unspecified atom stereocenters. The van der Waals surface area contributed by atoms with E-state index in [1.165, 1.54) is 7.05 Å². The third kappa shape index (κ3) is 3.52. The smallest absolute Gasteiger partial charge is 0.224 e. The number of rotatable bonds is 5. The molecule has 0 fully saturated rings. The Morgan fingerprint density at radius 1 is 1.21 bits per heavy atom. The summed E-state index contributed by atoms with van der Waals surface area (Å²) in [6.45, 7) is 2.01. The van der Waals surface area contributed by atoms with Gasteiger partial charge in [0.2, 0.25) is 10.0 Å². The molecule has 1 rings (SSSR count). The van der Waals surface area contributed by atoms with Gasteiger partial charge in [-0.1, -0.05) is 6.92 Å². The highest BCUT2D eigenvalue weighted by Crippen LogP contribution is 2.22. The lowest BCUT2D eigenvalue weighted by molar-refractivity contribution is 0.461. The number of sulfonamides is 1. The molecule has 0 saturated carbocycles. The molecule has 1 aromatic carbocycles. The Morgan fingerprint density at radius 2 is 1.79 bits per heavy atom. The van der Waals surface area contributed by atoms with Gasteiger partial charge in [0.25, 0.3) is 0 Å². The van der Waals surface area contributed by atoms with Gasteiger partial charge >= 0.3 is 0 Å². The lowest BCUT2D eigenvalue weighted by Gasteiger charge is -2.17. The zero-order valence-electron chi connectivity index (χ0n) is 10.9. The van der Waals surface area contributed by atoms with Crippen LogP contribution < -0.4 is 0 Å². The average molecular weight is 309 g/mol. The molecule has 0 heterocycles. The molecule has 108 valence electrons. The van der Waals surface area contributed by atoms with E-state index in [2.05, 4.69) is 0 Å². The van der Waals surface area contributed by atoms with E-state index in [0.717, 1.165) is 28.8 Å². The third-order valence-electron chi connectivity index (χ3n) is 2.56. The van der Waals surface area contributed by atoms with E-state index in [0.29, 0.717) is 6.42 Å². The quantitative estimate of drug-likeness (QED) is 0.768. The van der Waals surface area contributed by atoms with Crippen LogP contribution in [0.4, 0.5) is 4.39 Å². The average Bonchev–Trinajstić information content (AvgIpc) is 2.28. The number of benzene rings is 1. The Labute approximate surface area is 113 Å². The van der Waals surface area contributed by atoms with E-state index < -0.39 is 30.6 Å². The molecule has 0 aromatic heterocycles. The summed E-state index contributed by atoms with van der Waals surface area (Å²) in [5, 5.41) is 0. The first-order valence-electron chi connectivity index (χ1n) is 5.56. The van der Waals surface area contributed by atoms with Crippen LogP contribution in [0.1, 0.15) is 13.3 Å². The minimum Gasteiger partial charge on any atom is -0.224 e. The molecule has 0 amide bonds. The number of hydrogen-bond donors (Lipinski definition) is 0. The van der Waals surface area contributed by atoms with Crippen molar-refractivity contribution >= 4 is 19.9 Å². The van der Waals surface area contributed by atoms with E-state index in [1.807, 2.05) is 0 Å². The highest BCUT2D eigenvalue weighted by molar-refractivity contribution is 7.91. The maximum Gasteiger partial charge on any atom is 0.245 e. The van der Waals surface area contributed by atoms with Crippen LogP contribution in [-0.4, -0.2) is 41.0 Å². The molecular formula is C11H16FNO4S2. The molecule has 0 aliphatic heterocycles. The molecule has 0 saturated heterocycles. The molecule has 0 atom stereocenters. The van der Waals surface area contributed by atoms with Crippen molar-refractivity contribution in [3.05, 3.63) is 24.0 Å². The highest BCUT2D eigenvalue weighted by atomic mass is 32.2. The van der Waals surface area contributed by atoms with Gasteiger partial charge < -0.3 is 0 Å². The van der Waals surface area contributed by atoms with Gasteiger partial charge in [0.15, 0.2) is 9.84 Å². The van der Waals surface area contributed by atoms with E-state index in [9.17, 15) is 21.2 Å². The van der Waals surface area contributed by atoms with Gasteiger partial charge in [-0.3, -0.25) is 0 Å². The van der Waals surface area contributed by atoms with Gasteiger partial charge in [-0.15, -0.1) is 0 Å². The topological polar surface area (TPSA) is 71.5 Å². The zero-order chi connectivity index (χ0) is 14.8. The highest BCUT2D eigenvalue weighted by Gasteiger charge is 2.25. The molecular weight excluding hydrogens is 293 g/mol. The fourth-order valence-electron chi connectivity index (χ4n) is 1.51. The number of halogens is 1. The molecule has 0 radical (unpaired) electrons. The van der Waals surface area contributed by atoms with Gasteiger partial charge in [0.1, 0.15) is 10.7 Å². The second-order valence-corrected chi connectivity index (χ2v) is 8.22. The predicted octanol–water partition coefficient (Wildman–Crippen LogP) is 1.26. The first kappa shape index (κ1) is 16.1. The summed E-state index contributed by atoms with van der Waals surface area (Å²) in [5.74, 6) is -0.963. The molecule has 19 heavy (non-hydrogen) atoms. The zero-order valence-corrected chi connectivity index (χ0v) is 12.6. The normalized spacial score (nSPS) is 12.9.